The van der Waals surface area contributed by atoms with E-state index in [9.17, 15) is 4.79 Å². The van der Waals surface area contributed by atoms with E-state index in [0.717, 1.165) is 0 Å². The minimum atomic E-state index is -0.422. The summed E-state index contributed by atoms with van der Waals surface area (Å²) in [7, 11) is 0. The quantitative estimate of drug-likeness (QED) is 0.272. The number of nitrogens with zero attached hydrogens (tertiary/aromatic N) is 1. The Balaban J connectivity index is 3.14. The molecule has 0 aliphatic rings. The van der Waals surface area contributed by atoms with Crippen LogP contribution in [0.15, 0.2) is 5.16 Å². The molecule has 0 N–H and O–H groups in total. The fourth-order valence-electron chi connectivity index (χ4n) is 0.110. The van der Waals surface area contributed by atoms with Crippen molar-refractivity contribution in [2.45, 2.75) is 13.8 Å². The number of rotatable bonds is 1. The lowest BCUT2D eigenvalue weighted by molar-refractivity contribution is -0.140. The first-order valence-corrected chi connectivity index (χ1v) is 1.81. The lowest BCUT2D eigenvalue weighted by Gasteiger charge is -1.82. The van der Waals surface area contributed by atoms with E-state index in [2.05, 4.69) is 16.2 Å². The van der Waals surface area contributed by atoms with Gasteiger partial charge in [-0.3, -0.25) is 0 Å². The van der Waals surface area contributed by atoms with Gasteiger partial charge in [0.25, 0.3) is 0 Å². The highest BCUT2D eigenvalue weighted by Crippen LogP contribution is 1.72. The molecule has 0 unspecified atom stereocenters. The zero-order chi connectivity index (χ0) is 5.70. The molecular formula is C4H6NO2. The maximum absolute atomic E-state index is 9.85. The normalized spacial score (nSPS) is 9.43. The second-order valence-corrected chi connectivity index (χ2v) is 0.898. The Morgan fingerprint density at radius 3 is 2.57 bits per heavy atom. The van der Waals surface area contributed by atoms with E-state index in [-0.39, 0.29) is 0 Å². The topological polar surface area (TPSA) is 38.7 Å². The minimum Gasteiger partial charge on any atom is -0.318 e. The Labute approximate surface area is 42.0 Å². The third-order valence-corrected chi connectivity index (χ3v) is 0.265. The predicted octanol–water partition coefficient (Wildman–Crippen LogP) is 0.432. The summed E-state index contributed by atoms with van der Waals surface area (Å²) >= 11 is 0. The van der Waals surface area contributed by atoms with Gasteiger partial charge in [0.15, 0.2) is 0 Å². The van der Waals surface area contributed by atoms with Gasteiger partial charge in [-0.1, -0.05) is 5.16 Å². The smallest absolute Gasteiger partial charge is 0.318 e. The summed E-state index contributed by atoms with van der Waals surface area (Å²) in [6.45, 7) is 2.82. The van der Waals surface area contributed by atoms with E-state index in [4.69, 9.17) is 0 Å². The van der Waals surface area contributed by atoms with E-state index in [1.165, 1.54) is 6.92 Å². The number of hydrogen-bond donors (Lipinski definition) is 0. The summed E-state index contributed by atoms with van der Waals surface area (Å²) in [6, 6.07) is 0. The molecule has 0 aromatic heterocycles. The molecule has 0 heterocycles. The molecule has 0 fully saturated rings. The maximum atomic E-state index is 9.85. The van der Waals surface area contributed by atoms with Crippen molar-refractivity contribution in [1.29, 1.82) is 0 Å². The highest BCUT2D eigenvalue weighted by molar-refractivity contribution is 5.66. The average molecular weight is 100 g/mol. The Bertz CT molecular complexity index is 87.7. The van der Waals surface area contributed by atoms with Crippen LogP contribution in [0.3, 0.4) is 0 Å². The molecule has 1 radical (unpaired) electrons. The third kappa shape index (κ3) is 5.14. The van der Waals surface area contributed by atoms with Crippen LogP contribution in [0.2, 0.25) is 0 Å². The minimum absolute atomic E-state index is 0.422. The molecule has 7 heavy (non-hydrogen) atoms. The van der Waals surface area contributed by atoms with E-state index in [0.29, 0.717) is 0 Å². The van der Waals surface area contributed by atoms with Gasteiger partial charge >= 0.3 is 5.97 Å². The van der Waals surface area contributed by atoms with E-state index >= 15 is 0 Å². The second-order valence-electron chi connectivity index (χ2n) is 0.898. The summed E-state index contributed by atoms with van der Waals surface area (Å²) in [4.78, 5) is 13.9. The molecule has 0 rings (SSSR count). The molecule has 0 amide bonds. The van der Waals surface area contributed by atoms with E-state index in [1.807, 2.05) is 0 Å². The highest BCUT2D eigenvalue weighted by Gasteiger charge is 1.82. The van der Waals surface area contributed by atoms with Crippen molar-refractivity contribution in [3.05, 3.63) is 0 Å². The standard InChI is InChI=1S/C4H6NO2/c1-3-5-7-4(2)6/h1-2H3. The van der Waals surface area contributed by atoms with Gasteiger partial charge in [0.2, 0.25) is 0 Å². The van der Waals surface area contributed by atoms with Crippen molar-refractivity contribution < 1.29 is 9.63 Å². The summed E-state index contributed by atoms with van der Waals surface area (Å²) in [5.74, 6) is -0.422. The van der Waals surface area contributed by atoms with Crippen LogP contribution in [0.4, 0.5) is 0 Å². The van der Waals surface area contributed by atoms with Crippen molar-refractivity contribution in [2.24, 2.45) is 5.16 Å². The lowest BCUT2D eigenvalue weighted by atomic mass is 10.8. The number of hydrogen-bond acceptors (Lipinski definition) is 3. The van der Waals surface area contributed by atoms with E-state index in [1.54, 1.807) is 6.92 Å². The maximum Gasteiger partial charge on any atom is 0.331 e. The molecule has 0 spiro atoms. The molecule has 0 atom stereocenters. The van der Waals surface area contributed by atoms with Crippen LogP contribution in [-0.2, 0) is 9.63 Å². The Morgan fingerprint density at radius 2 is 2.43 bits per heavy atom. The van der Waals surface area contributed by atoms with Gasteiger partial charge in [-0.25, -0.2) is 4.79 Å². The molecule has 0 aliphatic heterocycles. The molecular weight excluding hydrogens is 94.0 g/mol. The fraction of sp³-hybridized carbons (Fsp3) is 0.500. The lowest BCUT2D eigenvalue weighted by Crippen LogP contribution is -1.89. The average Bonchev–Trinajstić information content (AvgIpc) is 1.61. The van der Waals surface area contributed by atoms with Crippen LogP contribution in [0.1, 0.15) is 13.8 Å². The van der Waals surface area contributed by atoms with Crippen molar-refractivity contribution >= 4 is 12.2 Å². The second kappa shape index (κ2) is 3.33. The Kier molecular flexibility index (Phi) is 2.92. The predicted molar refractivity (Wildman–Crippen MR) is 24.9 cm³/mol. The van der Waals surface area contributed by atoms with Crippen LogP contribution < -0.4 is 0 Å². The van der Waals surface area contributed by atoms with E-state index < -0.39 is 5.97 Å². The van der Waals surface area contributed by atoms with Gasteiger partial charge < -0.3 is 4.84 Å². The molecule has 0 aromatic carbocycles. The molecule has 0 saturated carbocycles. The molecule has 0 saturated heterocycles. The number of carbonyl (C=O) groups is 1. The SMILES string of the molecule is C/[C]=N/OC(C)=O. The highest BCUT2D eigenvalue weighted by atomic mass is 16.7. The van der Waals surface area contributed by atoms with Crippen LogP contribution in [0.5, 0.6) is 0 Å². The Hall–Kier alpha value is -0.860. The van der Waals surface area contributed by atoms with Gasteiger partial charge in [0, 0.05) is 6.92 Å². The van der Waals surface area contributed by atoms with Crippen LogP contribution >= 0.6 is 0 Å². The molecule has 3 nitrogen and oxygen atoms in total. The fourth-order valence-corrected chi connectivity index (χ4v) is 0.110. The first-order chi connectivity index (χ1) is 3.27. The van der Waals surface area contributed by atoms with Gasteiger partial charge in [-0.2, -0.15) is 0 Å². The largest absolute Gasteiger partial charge is 0.331 e. The van der Waals surface area contributed by atoms with Gasteiger partial charge in [0.1, 0.15) is 6.21 Å². The molecule has 39 valence electrons. The van der Waals surface area contributed by atoms with Crippen molar-refractivity contribution in [2.75, 3.05) is 0 Å². The van der Waals surface area contributed by atoms with Crippen molar-refractivity contribution in [3.8, 4) is 0 Å². The zero-order valence-electron chi connectivity index (χ0n) is 4.26. The molecule has 0 bridgehead atoms. The van der Waals surface area contributed by atoms with Gasteiger partial charge in [0.05, 0.1) is 0 Å². The third-order valence-electron chi connectivity index (χ3n) is 0.265. The van der Waals surface area contributed by atoms with Crippen molar-refractivity contribution in [1.82, 2.24) is 0 Å². The summed E-state index contributed by atoms with van der Waals surface area (Å²) in [5.41, 5.74) is 0. The molecule has 0 aliphatic carbocycles. The van der Waals surface area contributed by atoms with Gasteiger partial charge in [-0.05, 0) is 6.92 Å². The molecule has 3 heteroatoms. The summed E-state index contributed by atoms with van der Waals surface area (Å²) in [5, 5.41) is 3.07. The summed E-state index contributed by atoms with van der Waals surface area (Å²) < 4.78 is 0. The monoisotopic (exact) mass is 100 g/mol. The van der Waals surface area contributed by atoms with Gasteiger partial charge in [-0.15, -0.1) is 0 Å². The number of carbonyl (C=O) groups excluding carboxylic acids is 1. The Morgan fingerprint density at radius 1 is 1.86 bits per heavy atom. The van der Waals surface area contributed by atoms with Crippen LogP contribution in [0, 0.1) is 0 Å². The van der Waals surface area contributed by atoms with Crippen LogP contribution in [-0.4, -0.2) is 12.2 Å². The zero-order valence-corrected chi connectivity index (χ0v) is 4.26. The molecule has 0 aromatic rings. The first-order valence-electron chi connectivity index (χ1n) is 1.81. The summed E-state index contributed by atoms with van der Waals surface area (Å²) in [6.07, 6.45) is 2.28. The first kappa shape index (κ1) is 6.14. The van der Waals surface area contributed by atoms with Crippen molar-refractivity contribution in [3.63, 3.8) is 0 Å². The van der Waals surface area contributed by atoms with Crippen LogP contribution in [0.25, 0.3) is 0 Å².